The lowest BCUT2D eigenvalue weighted by molar-refractivity contribution is 0.674. The fourth-order valence-corrected chi connectivity index (χ4v) is 2.32. The number of rotatable bonds is 5. The minimum Gasteiger partial charge on any atom is -0.313 e. The van der Waals surface area contributed by atoms with Gasteiger partial charge in [-0.25, -0.2) is 0 Å². The molecule has 1 N–H and O–H groups in total. The molecule has 2 aromatic heterocycles. The van der Waals surface area contributed by atoms with Crippen molar-refractivity contribution in [2.24, 2.45) is 7.05 Å². The Bertz CT molecular complexity index is 557. The topological polar surface area (TPSA) is 42.7 Å². The first-order valence-electron chi connectivity index (χ1n) is 6.78. The van der Waals surface area contributed by atoms with Crippen LogP contribution >= 0.6 is 0 Å². The highest BCUT2D eigenvalue weighted by Gasteiger charge is 2.12. The van der Waals surface area contributed by atoms with Crippen molar-refractivity contribution in [3.63, 3.8) is 0 Å². The molecule has 0 aliphatic carbocycles. The third kappa shape index (κ3) is 3.01. The van der Waals surface area contributed by atoms with Crippen molar-refractivity contribution in [3.8, 4) is 11.1 Å². The van der Waals surface area contributed by atoms with E-state index in [1.165, 1.54) is 16.8 Å². The summed E-state index contributed by atoms with van der Waals surface area (Å²) < 4.78 is 1.92. The normalized spacial score (nSPS) is 10.9. The zero-order valence-corrected chi connectivity index (χ0v) is 12.2. The molecule has 2 heterocycles. The van der Waals surface area contributed by atoms with Gasteiger partial charge in [-0.05, 0) is 38.4 Å². The van der Waals surface area contributed by atoms with Gasteiger partial charge in [0.2, 0.25) is 0 Å². The molecule has 0 aliphatic rings. The molecule has 102 valence electrons. The highest BCUT2D eigenvalue weighted by molar-refractivity contribution is 5.68. The van der Waals surface area contributed by atoms with Crippen molar-refractivity contribution in [1.82, 2.24) is 20.1 Å². The van der Waals surface area contributed by atoms with E-state index in [9.17, 15) is 0 Å². The fraction of sp³-hybridized carbons (Fsp3) is 0.467. The summed E-state index contributed by atoms with van der Waals surface area (Å²) in [6.07, 6.45) is 4.99. The zero-order valence-electron chi connectivity index (χ0n) is 12.2. The molecule has 0 radical (unpaired) electrons. The second-order valence-corrected chi connectivity index (χ2v) is 4.93. The zero-order chi connectivity index (χ0) is 13.8. The van der Waals surface area contributed by atoms with E-state index >= 15 is 0 Å². The average Bonchev–Trinajstić information content (AvgIpc) is 2.64. The van der Waals surface area contributed by atoms with Gasteiger partial charge in [-0.2, -0.15) is 5.10 Å². The molecular weight excluding hydrogens is 236 g/mol. The lowest BCUT2D eigenvalue weighted by Gasteiger charge is -2.06. The van der Waals surface area contributed by atoms with Crippen LogP contribution < -0.4 is 5.32 Å². The maximum Gasteiger partial charge on any atom is 0.0675 e. The van der Waals surface area contributed by atoms with E-state index in [4.69, 9.17) is 0 Å². The van der Waals surface area contributed by atoms with Crippen LogP contribution in [0.25, 0.3) is 11.1 Å². The van der Waals surface area contributed by atoms with Gasteiger partial charge >= 0.3 is 0 Å². The average molecular weight is 258 g/mol. The maximum absolute atomic E-state index is 4.47. The summed E-state index contributed by atoms with van der Waals surface area (Å²) in [5.74, 6) is 0. The first-order valence-corrected chi connectivity index (χ1v) is 6.78. The van der Waals surface area contributed by atoms with Gasteiger partial charge in [0.05, 0.1) is 5.69 Å². The fourth-order valence-electron chi connectivity index (χ4n) is 2.32. The number of aromatic nitrogens is 3. The van der Waals surface area contributed by atoms with Crippen molar-refractivity contribution in [2.45, 2.75) is 33.7 Å². The summed E-state index contributed by atoms with van der Waals surface area (Å²) in [5, 5.41) is 7.87. The van der Waals surface area contributed by atoms with E-state index in [-0.39, 0.29) is 0 Å². The minimum atomic E-state index is 0.868. The molecule has 19 heavy (non-hydrogen) atoms. The third-order valence-electron chi connectivity index (χ3n) is 3.35. The number of nitrogens with one attached hydrogen (secondary N) is 1. The summed E-state index contributed by atoms with van der Waals surface area (Å²) in [4.78, 5) is 4.35. The molecule has 4 heteroatoms. The molecule has 0 aromatic carbocycles. The number of hydrogen-bond acceptors (Lipinski definition) is 3. The summed E-state index contributed by atoms with van der Waals surface area (Å²) in [6.45, 7) is 8.22. The molecular formula is C15H22N4. The van der Waals surface area contributed by atoms with Crippen LogP contribution in [0.1, 0.15) is 30.3 Å². The quantitative estimate of drug-likeness (QED) is 0.838. The molecule has 0 amide bonds. The van der Waals surface area contributed by atoms with E-state index in [0.29, 0.717) is 0 Å². The largest absolute Gasteiger partial charge is 0.313 e. The van der Waals surface area contributed by atoms with Crippen LogP contribution in [-0.2, 0) is 13.6 Å². The number of aryl methyl sites for hydroxylation is 2. The van der Waals surface area contributed by atoms with E-state index in [0.717, 1.165) is 30.8 Å². The van der Waals surface area contributed by atoms with Crippen molar-refractivity contribution >= 4 is 0 Å². The molecule has 0 bridgehead atoms. The molecule has 0 saturated heterocycles. The number of nitrogens with zero attached hydrogens (tertiary/aromatic N) is 3. The minimum absolute atomic E-state index is 0.868. The smallest absolute Gasteiger partial charge is 0.0675 e. The Hall–Kier alpha value is -1.68. The van der Waals surface area contributed by atoms with Gasteiger partial charge < -0.3 is 5.32 Å². The summed E-state index contributed by atoms with van der Waals surface area (Å²) in [6, 6.07) is 2.20. The monoisotopic (exact) mass is 258 g/mol. The van der Waals surface area contributed by atoms with Gasteiger partial charge in [0.15, 0.2) is 0 Å². The lowest BCUT2D eigenvalue weighted by Crippen LogP contribution is -2.13. The van der Waals surface area contributed by atoms with E-state index in [2.05, 4.69) is 35.3 Å². The van der Waals surface area contributed by atoms with Crippen molar-refractivity contribution in [3.05, 3.63) is 35.4 Å². The SMILES string of the molecule is CCCNCc1cncc(-c2c(C)nn(C)c2C)c1. The highest BCUT2D eigenvalue weighted by Crippen LogP contribution is 2.26. The second kappa shape index (κ2) is 5.97. The predicted octanol–water partition coefficient (Wildman–Crippen LogP) is 2.60. The van der Waals surface area contributed by atoms with Gasteiger partial charge in [-0.15, -0.1) is 0 Å². The molecule has 0 unspecified atom stereocenters. The van der Waals surface area contributed by atoms with E-state index in [1.54, 1.807) is 0 Å². The standard InChI is InChI=1S/C15H22N4/c1-5-6-16-8-13-7-14(10-17-9-13)15-11(2)18-19(4)12(15)3/h7,9-10,16H,5-6,8H2,1-4H3. The van der Waals surface area contributed by atoms with Gasteiger partial charge in [-0.1, -0.05) is 6.92 Å². The Morgan fingerprint density at radius 1 is 1.26 bits per heavy atom. The Labute approximate surface area is 114 Å². The first kappa shape index (κ1) is 13.7. The lowest BCUT2D eigenvalue weighted by atomic mass is 10.0. The molecule has 2 rings (SSSR count). The highest BCUT2D eigenvalue weighted by atomic mass is 15.3. The van der Waals surface area contributed by atoms with Crippen LogP contribution in [0.3, 0.4) is 0 Å². The molecule has 0 aliphatic heterocycles. The summed E-state index contributed by atoms with van der Waals surface area (Å²) in [7, 11) is 1.98. The Kier molecular flexibility index (Phi) is 4.32. The molecule has 0 spiro atoms. The Morgan fingerprint density at radius 2 is 2.05 bits per heavy atom. The Morgan fingerprint density at radius 3 is 2.68 bits per heavy atom. The van der Waals surface area contributed by atoms with Crippen molar-refractivity contribution in [2.75, 3.05) is 6.54 Å². The van der Waals surface area contributed by atoms with Crippen LogP contribution in [-0.4, -0.2) is 21.3 Å². The summed E-state index contributed by atoms with van der Waals surface area (Å²) in [5.41, 5.74) is 5.80. The van der Waals surface area contributed by atoms with Crippen LogP contribution in [0, 0.1) is 13.8 Å². The molecule has 0 saturated carbocycles. The molecule has 4 nitrogen and oxygen atoms in total. The van der Waals surface area contributed by atoms with Crippen LogP contribution in [0.15, 0.2) is 18.5 Å². The van der Waals surface area contributed by atoms with Gasteiger partial charge in [-0.3, -0.25) is 9.67 Å². The third-order valence-corrected chi connectivity index (χ3v) is 3.35. The first-order chi connectivity index (χ1) is 9.13. The molecule has 0 fully saturated rings. The Balaban J connectivity index is 2.27. The van der Waals surface area contributed by atoms with E-state index < -0.39 is 0 Å². The van der Waals surface area contributed by atoms with Crippen LogP contribution in [0.2, 0.25) is 0 Å². The summed E-state index contributed by atoms with van der Waals surface area (Å²) >= 11 is 0. The number of hydrogen-bond donors (Lipinski definition) is 1. The van der Waals surface area contributed by atoms with Gasteiger partial charge in [0, 0.05) is 42.8 Å². The second-order valence-electron chi connectivity index (χ2n) is 4.93. The number of pyridine rings is 1. The molecule has 2 aromatic rings. The van der Waals surface area contributed by atoms with Crippen molar-refractivity contribution < 1.29 is 0 Å². The van der Waals surface area contributed by atoms with Crippen molar-refractivity contribution in [1.29, 1.82) is 0 Å². The van der Waals surface area contributed by atoms with E-state index in [1.807, 2.05) is 31.0 Å². The molecule has 0 atom stereocenters. The van der Waals surface area contributed by atoms with Crippen LogP contribution in [0.4, 0.5) is 0 Å². The maximum atomic E-state index is 4.47. The predicted molar refractivity (Wildman–Crippen MR) is 77.9 cm³/mol. The van der Waals surface area contributed by atoms with Gasteiger partial charge in [0.1, 0.15) is 0 Å². The van der Waals surface area contributed by atoms with Crippen LogP contribution in [0.5, 0.6) is 0 Å². The van der Waals surface area contributed by atoms with Gasteiger partial charge in [0.25, 0.3) is 0 Å².